The second-order valence-corrected chi connectivity index (χ2v) is 6.10. The van der Waals surface area contributed by atoms with Crippen molar-refractivity contribution in [3.05, 3.63) is 24.3 Å². The minimum atomic E-state index is -0.664. The van der Waals surface area contributed by atoms with Crippen LogP contribution < -0.4 is 0 Å². The molecule has 0 radical (unpaired) electrons. The molecule has 6 nitrogen and oxygen atoms in total. The van der Waals surface area contributed by atoms with E-state index in [4.69, 9.17) is 5.11 Å². The molecule has 0 bridgehead atoms. The SMILES string of the molecule is Cc1nc2cnc3[nH]ccc3c2n1C1CCC(C(=O)O)CC1. The van der Waals surface area contributed by atoms with Crippen molar-refractivity contribution in [3.8, 4) is 0 Å². The molecule has 1 aliphatic rings. The van der Waals surface area contributed by atoms with Gasteiger partial charge in [0, 0.05) is 17.6 Å². The molecule has 0 aliphatic heterocycles. The van der Waals surface area contributed by atoms with Crippen LogP contribution in [-0.4, -0.2) is 30.6 Å². The number of aryl methyl sites for hydroxylation is 1. The number of nitrogens with zero attached hydrogens (tertiary/aromatic N) is 3. The number of aromatic nitrogens is 4. The van der Waals surface area contributed by atoms with Gasteiger partial charge < -0.3 is 14.7 Å². The number of aromatic amines is 1. The molecule has 0 amide bonds. The monoisotopic (exact) mass is 298 g/mol. The Bertz CT molecular complexity index is 856. The summed E-state index contributed by atoms with van der Waals surface area (Å²) in [6.45, 7) is 2.02. The van der Waals surface area contributed by atoms with E-state index in [2.05, 4.69) is 19.5 Å². The molecule has 0 saturated heterocycles. The Kier molecular flexibility index (Phi) is 2.92. The highest BCUT2D eigenvalue weighted by Crippen LogP contribution is 2.36. The van der Waals surface area contributed by atoms with Gasteiger partial charge >= 0.3 is 5.97 Å². The predicted octanol–water partition coefficient (Wildman–Crippen LogP) is 3.04. The molecule has 114 valence electrons. The number of hydrogen-bond donors (Lipinski definition) is 2. The largest absolute Gasteiger partial charge is 0.481 e. The minimum Gasteiger partial charge on any atom is -0.481 e. The molecule has 2 N–H and O–H groups in total. The average Bonchev–Trinajstić information content (AvgIpc) is 3.10. The molecular formula is C16H18N4O2. The van der Waals surface area contributed by atoms with E-state index in [9.17, 15) is 4.79 Å². The zero-order valence-electron chi connectivity index (χ0n) is 12.4. The van der Waals surface area contributed by atoms with Crippen LogP contribution in [-0.2, 0) is 4.79 Å². The first-order chi connectivity index (χ1) is 10.6. The highest BCUT2D eigenvalue weighted by atomic mass is 16.4. The molecule has 3 aromatic heterocycles. The number of imidazole rings is 1. The Hall–Kier alpha value is -2.37. The molecule has 3 heterocycles. The van der Waals surface area contributed by atoms with Crippen LogP contribution in [0, 0.1) is 12.8 Å². The molecule has 4 rings (SSSR count). The van der Waals surface area contributed by atoms with Crippen molar-refractivity contribution in [2.75, 3.05) is 0 Å². The van der Waals surface area contributed by atoms with Gasteiger partial charge in [-0.25, -0.2) is 9.97 Å². The van der Waals surface area contributed by atoms with Crippen LogP contribution in [0.2, 0.25) is 0 Å². The lowest BCUT2D eigenvalue weighted by atomic mass is 9.86. The number of carbonyl (C=O) groups is 1. The molecule has 1 fully saturated rings. The van der Waals surface area contributed by atoms with Gasteiger partial charge in [-0.3, -0.25) is 4.79 Å². The van der Waals surface area contributed by atoms with Crippen LogP contribution in [0.15, 0.2) is 18.5 Å². The quantitative estimate of drug-likeness (QED) is 0.761. The maximum absolute atomic E-state index is 11.1. The van der Waals surface area contributed by atoms with Crippen LogP contribution in [0.1, 0.15) is 37.5 Å². The van der Waals surface area contributed by atoms with Gasteiger partial charge in [-0.2, -0.15) is 0 Å². The van der Waals surface area contributed by atoms with Crippen molar-refractivity contribution >= 4 is 28.0 Å². The van der Waals surface area contributed by atoms with Crippen LogP contribution in [0.4, 0.5) is 0 Å². The molecule has 0 aromatic carbocycles. The van der Waals surface area contributed by atoms with Gasteiger partial charge in [0.15, 0.2) is 0 Å². The highest BCUT2D eigenvalue weighted by Gasteiger charge is 2.28. The lowest BCUT2D eigenvalue weighted by Gasteiger charge is -2.28. The van der Waals surface area contributed by atoms with Gasteiger partial charge in [0.25, 0.3) is 0 Å². The summed E-state index contributed by atoms with van der Waals surface area (Å²) in [5.74, 6) is 0.118. The zero-order valence-corrected chi connectivity index (χ0v) is 12.4. The molecule has 0 atom stereocenters. The van der Waals surface area contributed by atoms with Gasteiger partial charge in [0.2, 0.25) is 0 Å². The molecule has 1 aliphatic carbocycles. The zero-order chi connectivity index (χ0) is 15.3. The number of aliphatic carboxylic acids is 1. The van der Waals surface area contributed by atoms with Crippen LogP contribution >= 0.6 is 0 Å². The third-order valence-corrected chi connectivity index (χ3v) is 4.82. The van der Waals surface area contributed by atoms with Gasteiger partial charge in [-0.1, -0.05) is 0 Å². The number of H-pyrrole nitrogens is 1. The number of pyridine rings is 1. The van der Waals surface area contributed by atoms with Crippen molar-refractivity contribution in [2.45, 2.75) is 38.6 Å². The van der Waals surface area contributed by atoms with Crippen LogP contribution in [0.5, 0.6) is 0 Å². The van der Waals surface area contributed by atoms with Gasteiger partial charge in [-0.15, -0.1) is 0 Å². The summed E-state index contributed by atoms with van der Waals surface area (Å²) in [4.78, 5) is 23.3. The Morgan fingerprint density at radius 2 is 2.14 bits per heavy atom. The summed E-state index contributed by atoms with van der Waals surface area (Å²) in [6, 6.07) is 2.35. The summed E-state index contributed by atoms with van der Waals surface area (Å²) in [5, 5.41) is 10.2. The van der Waals surface area contributed by atoms with Gasteiger partial charge in [-0.05, 0) is 38.7 Å². The maximum Gasteiger partial charge on any atom is 0.306 e. The molecule has 0 spiro atoms. The second kappa shape index (κ2) is 4.83. The van der Waals surface area contributed by atoms with Gasteiger partial charge in [0.1, 0.15) is 17.0 Å². The predicted molar refractivity (Wildman–Crippen MR) is 82.8 cm³/mol. The van der Waals surface area contributed by atoms with Crippen LogP contribution in [0.25, 0.3) is 22.1 Å². The number of nitrogens with one attached hydrogen (secondary N) is 1. The summed E-state index contributed by atoms with van der Waals surface area (Å²) >= 11 is 0. The Labute approximate surface area is 127 Å². The van der Waals surface area contributed by atoms with Crippen molar-refractivity contribution in [1.82, 2.24) is 19.5 Å². The summed E-state index contributed by atoms with van der Waals surface area (Å²) in [5.41, 5.74) is 2.89. The molecule has 3 aromatic rings. The van der Waals surface area contributed by atoms with E-state index in [0.717, 1.165) is 53.6 Å². The summed E-state index contributed by atoms with van der Waals surface area (Å²) in [6.07, 6.45) is 6.95. The lowest BCUT2D eigenvalue weighted by molar-refractivity contribution is -0.143. The Balaban J connectivity index is 1.80. The van der Waals surface area contributed by atoms with E-state index in [-0.39, 0.29) is 5.92 Å². The summed E-state index contributed by atoms with van der Waals surface area (Å²) < 4.78 is 2.28. The van der Waals surface area contributed by atoms with Crippen molar-refractivity contribution in [1.29, 1.82) is 0 Å². The fourth-order valence-electron chi connectivity index (χ4n) is 3.74. The number of hydrogen-bond acceptors (Lipinski definition) is 3. The van der Waals surface area contributed by atoms with E-state index in [1.807, 2.05) is 19.2 Å². The lowest BCUT2D eigenvalue weighted by Crippen LogP contribution is -2.23. The number of rotatable bonds is 2. The topological polar surface area (TPSA) is 83.8 Å². The molecule has 6 heteroatoms. The molecule has 0 unspecified atom stereocenters. The second-order valence-electron chi connectivity index (χ2n) is 6.10. The van der Waals surface area contributed by atoms with E-state index in [1.165, 1.54) is 0 Å². The average molecular weight is 298 g/mol. The van der Waals surface area contributed by atoms with E-state index in [1.54, 1.807) is 6.20 Å². The fraction of sp³-hybridized carbons (Fsp3) is 0.438. The third-order valence-electron chi connectivity index (χ3n) is 4.82. The molecule has 22 heavy (non-hydrogen) atoms. The van der Waals surface area contributed by atoms with Crippen molar-refractivity contribution < 1.29 is 9.90 Å². The standard InChI is InChI=1S/C16H18N4O2/c1-9-19-13-8-18-15-12(6-7-17-15)14(13)20(9)11-4-2-10(3-5-11)16(21)22/h6-8,10-11H,2-5H2,1H3,(H,17,18)(H,21,22). The maximum atomic E-state index is 11.1. The Morgan fingerprint density at radius 3 is 2.86 bits per heavy atom. The van der Waals surface area contributed by atoms with Crippen LogP contribution in [0.3, 0.4) is 0 Å². The number of carboxylic acids is 1. The third kappa shape index (κ3) is 1.90. The first-order valence-electron chi connectivity index (χ1n) is 7.68. The van der Waals surface area contributed by atoms with E-state index >= 15 is 0 Å². The van der Waals surface area contributed by atoms with E-state index in [0.29, 0.717) is 6.04 Å². The van der Waals surface area contributed by atoms with Crippen molar-refractivity contribution in [3.63, 3.8) is 0 Å². The number of fused-ring (bicyclic) bond motifs is 3. The van der Waals surface area contributed by atoms with Crippen molar-refractivity contribution in [2.24, 2.45) is 5.92 Å². The first-order valence-corrected chi connectivity index (χ1v) is 7.68. The molecule has 1 saturated carbocycles. The Morgan fingerprint density at radius 1 is 1.36 bits per heavy atom. The normalized spacial score (nSPS) is 22.4. The minimum absolute atomic E-state index is 0.194. The smallest absolute Gasteiger partial charge is 0.306 e. The number of carboxylic acid groups (broad SMARTS) is 1. The van der Waals surface area contributed by atoms with E-state index < -0.39 is 5.97 Å². The first kappa shape index (κ1) is 13.3. The molecular weight excluding hydrogens is 280 g/mol. The summed E-state index contributed by atoms with van der Waals surface area (Å²) in [7, 11) is 0. The fourth-order valence-corrected chi connectivity index (χ4v) is 3.74. The highest BCUT2D eigenvalue weighted by molar-refractivity contribution is 6.01. The van der Waals surface area contributed by atoms with Gasteiger partial charge in [0.05, 0.1) is 17.6 Å².